The number of aromatic nitrogens is 1. The minimum atomic E-state index is -1.31. The van der Waals surface area contributed by atoms with Crippen LogP contribution in [0.25, 0.3) is 11.1 Å². The molecule has 1 saturated carbocycles. The molecule has 2 amide bonds. The topological polar surface area (TPSA) is 104 Å². The zero-order valence-corrected chi connectivity index (χ0v) is 24.7. The van der Waals surface area contributed by atoms with Crippen molar-refractivity contribution in [2.45, 2.75) is 69.9 Å². The first-order valence-electron chi connectivity index (χ1n) is 14.5. The summed E-state index contributed by atoms with van der Waals surface area (Å²) in [4.78, 5) is 31.6. The van der Waals surface area contributed by atoms with E-state index in [1.54, 1.807) is 12.4 Å². The van der Waals surface area contributed by atoms with Crippen molar-refractivity contribution in [1.29, 1.82) is 0 Å². The fourth-order valence-electron chi connectivity index (χ4n) is 6.48. The number of carbonyl (C=O) groups is 2. The second-order valence-electron chi connectivity index (χ2n) is 11.2. The standard InChI is InChI=1S/C31H43ClN4O4/c1-4-21-8-5-9-22(16-21)28-26(18-34-19-27(28)32)31(39,13-7-14-35-30(38)40-3)24-10-6-15-36(20-24)29(37)23-11-12-25(17-23)33-2/h5,8-9,16,18-19,23-25,33,39H,4,6-7,10-15,17,20H2,1-3H3,(H,35,38)/t23-,24-,25+,31+/m1/s1. The molecule has 0 unspecified atom stereocenters. The maximum atomic E-state index is 13.6. The summed E-state index contributed by atoms with van der Waals surface area (Å²) in [6.45, 7) is 3.64. The largest absolute Gasteiger partial charge is 0.453 e. The van der Waals surface area contributed by atoms with Gasteiger partial charge in [0.2, 0.25) is 5.91 Å². The zero-order chi connectivity index (χ0) is 28.7. The number of hydrogen-bond acceptors (Lipinski definition) is 6. The van der Waals surface area contributed by atoms with Crippen molar-refractivity contribution in [1.82, 2.24) is 20.5 Å². The lowest BCUT2D eigenvalue weighted by atomic mass is 9.72. The van der Waals surface area contributed by atoms with Crippen LogP contribution >= 0.6 is 11.6 Å². The van der Waals surface area contributed by atoms with E-state index in [0.29, 0.717) is 49.1 Å². The van der Waals surface area contributed by atoms with Crippen LogP contribution < -0.4 is 10.6 Å². The number of halogens is 1. The predicted octanol–water partition coefficient (Wildman–Crippen LogP) is 4.91. The van der Waals surface area contributed by atoms with Gasteiger partial charge >= 0.3 is 6.09 Å². The molecule has 3 N–H and O–H groups in total. The summed E-state index contributed by atoms with van der Waals surface area (Å²) in [5.41, 5.74) is 2.23. The normalized spacial score (nSPS) is 22.5. The number of nitrogens with zero attached hydrogens (tertiary/aromatic N) is 2. The van der Waals surface area contributed by atoms with Crippen molar-refractivity contribution < 1.29 is 19.4 Å². The molecule has 1 aliphatic carbocycles. The summed E-state index contributed by atoms with van der Waals surface area (Å²) in [6.07, 6.45) is 8.96. The van der Waals surface area contributed by atoms with Crippen LogP contribution in [0, 0.1) is 11.8 Å². The molecule has 1 aromatic heterocycles. The summed E-state index contributed by atoms with van der Waals surface area (Å²) in [5, 5.41) is 19.2. The zero-order valence-electron chi connectivity index (χ0n) is 23.9. The highest BCUT2D eigenvalue weighted by Gasteiger charge is 2.44. The number of aryl methyl sites for hydroxylation is 1. The van der Waals surface area contributed by atoms with E-state index in [0.717, 1.165) is 49.7 Å². The van der Waals surface area contributed by atoms with Gasteiger partial charge in [-0.05, 0) is 69.5 Å². The maximum absolute atomic E-state index is 13.6. The van der Waals surface area contributed by atoms with Crippen LogP contribution in [0.4, 0.5) is 4.79 Å². The predicted molar refractivity (Wildman–Crippen MR) is 157 cm³/mol. The number of nitrogens with one attached hydrogen (secondary N) is 2. The Kier molecular flexibility index (Phi) is 10.4. The van der Waals surface area contributed by atoms with Crippen LogP contribution in [0.1, 0.15) is 63.0 Å². The average molecular weight is 571 g/mol. The van der Waals surface area contributed by atoms with Crippen LogP contribution in [0.15, 0.2) is 36.7 Å². The Morgan fingerprint density at radius 1 is 1.25 bits per heavy atom. The minimum absolute atomic E-state index is 0.0220. The summed E-state index contributed by atoms with van der Waals surface area (Å²) in [7, 11) is 3.28. The highest BCUT2D eigenvalue weighted by Crippen LogP contribution is 2.45. The number of alkyl carbamates (subject to hydrolysis) is 1. The number of carbonyl (C=O) groups excluding carboxylic acids is 2. The van der Waals surface area contributed by atoms with Gasteiger partial charge in [0.25, 0.3) is 0 Å². The Labute approximate surface area is 242 Å². The second-order valence-corrected chi connectivity index (χ2v) is 11.6. The van der Waals surface area contributed by atoms with Crippen LogP contribution in [-0.2, 0) is 21.6 Å². The number of amides is 2. The molecule has 4 rings (SSSR count). The molecule has 218 valence electrons. The monoisotopic (exact) mass is 570 g/mol. The molecule has 0 bridgehead atoms. The van der Waals surface area contributed by atoms with Crippen LogP contribution in [-0.4, -0.2) is 66.8 Å². The third-order valence-electron chi connectivity index (χ3n) is 8.78. The van der Waals surface area contributed by atoms with E-state index in [4.69, 9.17) is 16.3 Å². The summed E-state index contributed by atoms with van der Waals surface area (Å²) < 4.78 is 4.71. The van der Waals surface area contributed by atoms with Gasteiger partial charge in [-0.15, -0.1) is 0 Å². The van der Waals surface area contributed by atoms with E-state index in [2.05, 4.69) is 34.7 Å². The molecule has 2 heterocycles. The summed E-state index contributed by atoms with van der Waals surface area (Å²) >= 11 is 6.80. The number of benzene rings is 1. The van der Waals surface area contributed by atoms with Crippen LogP contribution in [0.2, 0.25) is 5.02 Å². The van der Waals surface area contributed by atoms with Gasteiger partial charge in [-0.1, -0.05) is 42.8 Å². The van der Waals surface area contributed by atoms with E-state index < -0.39 is 11.7 Å². The molecule has 1 aliphatic heterocycles. The number of likely N-dealkylation sites (tertiary alicyclic amines) is 1. The maximum Gasteiger partial charge on any atom is 0.406 e. The number of methoxy groups -OCH3 is 1. The van der Waals surface area contributed by atoms with E-state index in [9.17, 15) is 14.7 Å². The molecule has 8 nitrogen and oxygen atoms in total. The number of pyridine rings is 1. The number of hydrogen-bond donors (Lipinski definition) is 3. The van der Waals surface area contributed by atoms with Crippen LogP contribution in [0.3, 0.4) is 0 Å². The van der Waals surface area contributed by atoms with E-state index in [1.165, 1.54) is 12.7 Å². The SMILES string of the molecule is CCc1cccc(-c2c(Cl)cncc2[C@](O)(CCCNC(=O)OC)[C@@H]2CCCN(C(=O)[C@@H]3CC[C@H](NC)C3)C2)c1. The molecule has 2 aliphatic rings. The molecular weight excluding hydrogens is 528 g/mol. The smallest absolute Gasteiger partial charge is 0.406 e. The molecule has 4 atom stereocenters. The lowest BCUT2D eigenvalue weighted by molar-refractivity contribution is -0.140. The van der Waals surface area contributed by atoms with Crippen molar-refractivity contribution in [3.8, 4) is 11.1 Å². The van der Waals surface area contributed by atoms with Gasteiger partial charge in [-0.3, -0.25) is 9.78 Å². The van der Waals surface area contributed by atoms with Crippen molar-refractivity contribution in [3.63, 3.8) is 0 Å². The Morgan fingerprint density at radius 2 is 2.08 bits per heavy atom. The van der Waals surface area contributed by atoms with E-state index in [-0.39, 0.29) is 17.7 Å². The second kappa shape index (κ2) is 13.8. The first-order chi connectivity index (χ1) is 19.3. The van der Waals surface area contributed by atoms with Gasteiger partial charge in [0.05, 0.1) is 17.7 Å². The Balaban J connectivity index is 1.67. The van der Waals surface area contributed by atoms with Gasteiger partial charge in [0, 0.05) is 61.0 Å². The molecule has 9 heteroatoms. The lowest BCUT2D eigenvalue weighted by Crippen LogP contribution is -2.50. The Morgan fingerprint density at radius 3 is 2.80 bits per heavy atom. The summed E-state index contributed by atoms with van der Waals surface area (Å²) in [6, 6.07) is 8.59. The molecular formula is C31H43ClN4O4. The van der Waals surface area contributed by atoms with Crippen molar-refractivity contribution in [3.05, 3.63) is 52.8 Å². The third-order valence-corrected chi connectivity index (χ3v) is 9.06. The highest BCUT2D eigenvalue weighted by atomic mass is 35.5. The number of ether oxygens (including phenoxy) is 1. The first-order valence-corrected chi connectivity index (χ1v) is 14.9. The van der Waals surface area contributed by atoms with Crippen molar-refractivity contribution in [2.24, 2.45) is 11.8 Å². The van der Waals surface area contributed by atoms with Gasteiger partial charge in [-0.2, -0.15) is 0 Å². The first kappa shape index (κ1) is 30.3. The molecule has 2 aromatic rings. The number of aliphatic hydroxyl groups is 1. The van der Waals surface area contributed by atoms with Crippen molar-refractivity contribution in [2.75, 3.05) is 33.8 Å². The van der Waals surface area contributed by atoms with Gasteiger partial charge in [-0.25, -0.2) is 4.79 Å². The molecule has 0 spiro atoms. The number of rotatable bonds is 10. The molecule has 1 aromatic carbocycles. The third kappa shape index (κ3) is 6.78. The summed E-state index contributed by atoms with van der Waals surface area (Å²) in [5.74, 6) is 0.00387. The lowest BCUT2D eigenvalue weighted by Gasteiger charge is -2.44. The van der Waals surface area contributed by atoms with Crippen LogP contribution in [0.5, 0.6) is 0 Å². The quantitative estimate of drug-likeness (QED) is 0.351. The van der Waals surface area contributed by atoms with E-state index >= 15 is 0 Å². The van der Waals surface area contributed by atoms with Gasteiger partial charge < -0.3 is 25.4 Å². The van der Waals surface area contributed by atoms with E-state index in [1.807, 2.05) is 24.1 Å². The Hall–Kier alpha value is -2.68. The molecule has 2 fully saturated rings. The average Bonchev–Trinajstić information content (AvgIpc) is 3.48. The number of piperidine rings is 1. The fourth-order valence-corrected chi connectivity index (χ4v) is 6.74. The fraction of sp³-hybridized carbons (Fsp3) is 0.581. The van der Waals surface area contributed by atoms with Gasteiger partial charge in [0.1, 0.15) is 0 Å². The molecule has 1 saturated heterocycles. The Bertz CT molecular complexity index is 1180. The highest BCUT2D eigenvalue weighted by molar-refractivity contribution is 6.33. The minimum Gasteiger partial charge on any atom is -0.453 e. The van der Waals surface area contributed by atoms with Gasteiger partial charge in [0.15, 0.2) is 0 Å². The molecule has 40 heavy (non-hydrogen) atoms. The molecule has 0 radical (unpaired) electrons. The van der Waals surface area contributed by atoms with Crippen molar-refractivity contribution >= 4 is 23.6 Å².